The molecular formula is C6H12. The van der Waals surface area contributed by atoms with Crippen molar-refractivity contribution < 1.29 is 0 Å². The van der Waals surface area contributed by atoms with Crippen LogP contribution in [-0.4, -0.2) is 0 Å². The summed E-state index contributed by atoms with van der Waals surface area (Å²) < 4.78 is 0. The highest BCUT2D eigenvalue weighted by Gasteiger charge is 1.64. The third-order valence-electron chi connectivity index (χ3n) is 0.691. The Hall–Kier alpha value is -0.260. The third kappa shape index (κ3) is 3.74. The van der Waals surface area contributed by atoms with Gasteiger partial charge in [0.05, 0.1) is 0 Å². The molecule has 0 heterocycles. The fourth-order valence-corrected chi connectivity index (χ4v) is 0.333. The van der Waals surface area contributed by atoms with E-state index in [1.165, 1.54) is 12.8 Å². The maximum absolute atomic E-state index is 2.18. The molecule has 0 rings (SSSR count). The predicted molar refractivity (Wildman–Crippen MR) is 29.7 cm³/mol. The van der Waals surface area contributed by atoms with Gasteiger partial charge in [0.15, 0.2) is 0 Å². The van der Waals surface area contributed by atoms with E-state index in [9.17, 15) is 0 Å². The molecule has 0 spiro atoms. The molecule has 0 aromatic rings. The van der Waals surface area contributed by atoms with Gasteiger partial charge in [0, 0.05) is 0 Å². The van der Waals surface area contributed by atoms with E-state index in [1.54, 1.807) is 0 Å². The summed E-state index contributed by atoms with van der Waals surface area (Å²) in [6, 6.07) is 0. The van der Waals surface area contributed by atoms with Crippen molar-refractivity contribution in [2.75, 3.05) is 0 Å². The summed E-state index contributed by atoms with van der Waals surface area (Å²) in [6.45, 7) is 4.23. The lowest BCUT2D eigenvalue weighted by molar-refractivity contribution is 0.957. The normalized spacial score (nSPS) is 10.3. The summed E-state index contributed by atoms with van der Waals surface area (Å²) in [4.78, 5) is 0. The predicted octanol–water partition coefficient (Wildman–Crippen LogP) is 2.36. The highest BCUT2D eigenvalue weighted by Crippen LogP contribution is 1.85. The van der Waals surface area contributed by atoms with Gasteiger partial charge in [0.25, 0.3) is 0 Å². The molecule has 0 aliphatic carbocycles. The molecule has 0 amide bonds. The quantitative estimate of drug-likeness (QED) is 0.356. The van der Waals surface area contributed by atoms with Crippen molar-refractivity contribution in [2.45, 2.75) is 26.7 Å². The maximum Gasteiger partial charge on any atom is -0.0353 e. The Morgan fingerprint density at radius 3 is 2.33 bits per heavy atom. The average Bonchev–Trinajstić information content (AvgIpc) is 1.61. The van der Waals surface area contributed by atoms with E-state index in [0.717, 1.165) is 0 Å². The van der Waals surface area contributed by atoms with E-state index < -0.39 is 0 Å². The zero-order chi connectivity index (χ0) is 4.83. The summed E-state index contributed by atoms with van der Waals surface area (Å²) in [5.41, 5.74) is 0. The van der Waals surface area contributed by atoms with Gasteiger partial charge < -0.3 is 0 Å². The Labute approximate surface area is 39.9 Å². The molecule has 0 N–H and O–H groups in total. The number of hydrogen-bond acceptors (Lipinski definition) is 0. The van der Waals surface area contributed by atoms with E-state index >= 15 is 0 Å². The van der Waals surface area contributed by atoms with Gasteiger partial charge in [-0.15, -0.1) is 0 Å². The fraction of sp³-hybridized carbons (Fsp3) is 0.667. The molecule has 36 valence electrons. The lowest BCUT2D eigenvalue weighted by Gasteiger charge is -1.76. The molecular weight excluding hydrogens is 73.1 g/mol. The summed E-state index contributed by atoms with van der Waals surface area (Å²) in [7, 11) is 0. The maximum atomic E-state index is 2.18. The molecule has 0 aliphatic rings. The van der Waals surface area contributed by atoms with Gasteiger partial charge in [-0.25, -0.2) is 0 Å². The Morgan fingerprint density at radius 2 is 2.17 bits per heavy atom. The van der Waals surface area contributed by atoms with Crippen LogP contribution in [0, 0.1) is 0 Å². The van der Waals surface area contributed by atoms with Crippen LogP contribution in [0.5, 0.6) is 0 Å². The lowest BCUT2D eigenvalue weighted by Crippen LogP contribution is -1.55. The molecule has 0 saturated heterocycles. The molecule has 0 atom stereocenters. The zero-order valence-electron chi connectivity index (χ0n) is 4.57. The fourth-order valence-electron chi connectivity index (χ4n) is 0.333. The van der Waals surface area contributed by atoms with Gasteiger partial charge >= 0.3 is 0 Å². The van der Waals surface area contributed by atoms with Gasteiger partial charge in [-0.05, 0) is 13.3 Å². The Bertz CT molecular complexity index is 35.3. The van der Waals surface area contributed by atoms with Crippen molar-refractivity contribution >= 4 is 0 Å². The van der Waals surface area contributed by atoms with Gasteiger partial charge in [-0.2, -0.15) is 0 Å². The first-order chi connectivity index (χ1) is 2.91. The van der Waals surface area contributed by atoms with Crippen LogP contribution in [0.2, 0.25) is 0 Å². The second-order valence-electron chi connectivity index (χ2n) is 1.36. The Morgan fingerprint density at radius 1 is 1.50 bits per heavy atom. The first-order valence-corrected chi connectivity index (χ1v) is 2.53. The highest BCUT2D eigenvalue weighted by molar-refractivity contribution is 4.75. The second-order valence-corrected chi connectivity index (χ2v) is 1.36. The zero-order valence-corrected chi connectivity index (χ0v) is 4.57. The van der Waals surface area contributed by atoms with Crippen LogP contribution in [-0.2, 0) is 0 Å². The standard InChI is InChI=1S/C6H12/c1-3-5-6-4-2/h3,5H,4,6H2,1-2H3/b5-3-/i1+1. The lowest BCUT2D eigenvalue weighted by atomic mass is 10.3. The van der Waals surface area contributed by atoms with Crippen LogP contribution >= 0.6 is 0 Å². The summed E-state index contributed by atoms with van der Waals surface area (Å²) in [5, 5.41) is 0. The summed E-state index contributed by atoms with van der Waals surface area (Å²) in [5.74, 6) is 0. The van der Waals surface area contributed by atoms with Crippen LogP contribution in [0.4, 0.5) is 0 Å². The Kier molecular flexibility index (Phi) is 4.53. The third-order valence-corrected chi connectivity index (χ3v) is 0.691. The van der Waals surface area contributed by atoms with E-state index in [1.807, 2.05) is 0 Å². The molecule has 0 unspecified atom stereocenters. The van der Waals surface area contributed by atoms with Crippen LogP contribution in [0.1, 0.15) is 26.7 Å². The second kappa shape index (κ2) is 4.74. The van der Waals surface area contributed by atoms with Crippen LogP contribution in [0.15, 0.2) is 12.2 Å². The van der Waals surface area contributed by atoms with Gasteiger partial charge in [-0.3, -0.25) is 0 Å². The first-order valence-electron chi connectivity index (χ1n) is 2.53. The molecule has 6 heavy (non-hydrogen) atoms. The monoisotopic (exact) mass is 85.1 g/mol. The van der Waals surface area contributed by atoms with Crippen molar-refractivity contribution in [3.05, 3.63) is 12.2 Å². The van der Waals surface area contributed by atoms with Crippen molar-refractivity contribution in [3.8, 4) is 0 Å². The number of rotatable bonds is 2. The Balaban J connectivity index is 2.66. The van der Waals surface area contributed by atoms with E-state index in [0.29, 0.717) is 0 Å². The van der Waals surface area contributed by atoms with E-state index in [2.05, 4.69) is 26.0 Å². The molecule has 0 heteroatoms. The van der Waals surface area contributed by atoms with Crippen LogP contribution in [0.25, 0.3) is 0 Å². The minimum absolute atomic E-state index is 1.23. The van der Waals surface area contributed by atoms with Crippen molar-refractivity contribution in [3.63, 3.8) is 0 Å². The van der Waals surface area contributed by atoms with E-state index in [4.69, 9.17) is 0 Å². The van der Waals surface area contributed by atoms with Gasteiger partial charge in [-0.1, -0.05) is 25.5 Å². The smallest absolute Gasteiger partial charge is 0.0353 e. The minimum Gasteiger partial charge on any atom is -0.0917 e. The summed E-state index contributed by atoms with van der Waals surface area (Å²) >= 11 is 0. The van der Waals surface area contributed by atoms with E-state index in [-0.39, 0.29) is 0 Å². The average molecular weight is 85.2 g/mol. The van der Waals surface area contributed by atoms with Crippen molar-refractivity contribution in [1.29, 1.82) is 0 Å². The molecule has 0 aliphatic heterocycles. The highest BCUT2D eigenvalue weighted by atomic mass is 13.8. The molecule has 0 nitrogen and oxygen atoms in total. The SMILES string of the molecule is CCC/C=C\[13CH3]. The molecule has 0 fully saturated rings. The van der Waals surface area contributed by atoms with Crippen LogP contribution < -0.4 is 0 Å². The molecule has 0 radical (unpaired) electrons. The van der Waals surface area contributed by atoms with Gasteiger partial charge in [0.2, 0.25) is 0 Å². The van der Waals surface area contributed by atoms with Crippen molar-refractivity contribution in [2.24, 2.45) is 0 Å². The summed E-state index contributed by atoms with van der Waals surface area (Å²) in [6.07, 6.45) is 6.77. The largest absolute Gasteiger partial charge is 0.0917 e. The van der Waals surface area contributed by atoms with Crippen molar-refractivity contribution in [1.82, 2.24) is 0 Å². The first kappa shape index (κ1) is 5.74. The number of hydrogen-bond donors (Lipinski definition) is 0. The van der Waals surface area contributed by atoms with Gasteiger partial charge in [0.1, 0.15) is 0 Å². The molecule has 0 aromatic heterocycles. The molecule has 0 bridgehead atoms. The molecule has 0 aromatic carbocycles. The topological polar surface area (TPSA) is 0 Å². The van der Waals surface area contributed by atoms with Crippen LogP contribution in [0.3, 0.4) is 0 Å². The number of allylic oxidation sites excluding steroid dienone is 2. The number of unbranched alkanes of at least 4 members (excludes halogenated alkanes) is 1. The molecule has 0 saturated carbocycles. The minimum atomic E-state index is 1.23.